The van der Waals surface area contributed by atoms with Crippen LogP contribution in [0.1, 0.15) is 233 Å². The maximum atomic E-state index is 13.9. The molecule has 1 aliphatic rings. The quantitative estimate of drug-likeness (QED) is 0.0258. The first-order valence-corrected chi connectivity index (χ1v) is 28.4. The van der Waals surface area contributed by atoms with E-state index in [0.29, 0.717) is 19.3 Å². The van der Waals surface area contributed by atoms with E-state index in [4.69, 9.17) is 38.7 Å². The van der Waals surface area contributed by atoms with Gasteiger partial charge < -0.3 is 70.8 Å². The van der Waals surface area contributed by atoms with Crippen molar-refractivity contribution in [1.29, 1.82) is 0 Å². The summed E-state index contributed by atoms with van der Waals surface area (Å²) in [7, 11) is 6.87. The third-order valence-corrected chi connectivity index (χ3v) is 14.1. The van der Waals surface area contributed by atoms with Gasteiger partial charge in [-0.15, -0.1) is 0 Å². The number of nitrogens with one attached hydrogen (secondary N) is 2. The zero-order valence-corrected chi connectivity index (χ0v) is 47.7. The van der Waals surface area contributed by atoms with Gasteiger partial charge in [-0.1, -0.05) is 194 Å². The Morgan fingerprint density at radius 2 is 0.932 bits per heavy atom. The molecule has 1 fully saturated rings. The van der Waals surface area contributed by atoms with Crippen LogP contribution < -0.4 is 16.4 Å². The summed E-state index contributed by atoms with van der Waals surface area (Å²) in [6.07, 6.45) is 28.0. The first-order chi connectivity index (χ1) is 34.0. The fourth-order valence-electron chi connectivity index (χ4n) is 9.29. The van der Waals surface area contributed by atoms with Crippen LogP contribution in [-0.4, -0.2) is 135 Å². The van der Waals surface area contributed by atoms with E-state index in [9.17, 15) is 24.3 Å². The number of rotatable bonds is 48. The van der Waals surface area contributed by atoms with Gasteiger partial charge in [-0.05, 0) is 19.3 Å². The highest BCUT2D eigenvalue weighted by Gasteiger charge is 2.50. The molecule has 11 N–H and O–H groups in total. The number of unbranched alkanes of at least 4 members (excludes halogenated alkanes) is 24. The molecule has 0 aromatic rings. The number of primary amides is 1. The van der Waals surface area contributed by atoms with E-state index in [0.717, 1.165) is 57.8 Å². The van der Waals surface area contributed by atoms with E-state index in [1.54, 1.807) is 21.3 Å². The highest BCUT2D eigenvalue weighted by atomic mass is 31.0. The van der Waals surface area contributed by atoms with E-state index in [1.807, 2.05) is 0 Å². The molecule has 73 heavy (non-hydrogen) atoms. The smallest absolute Gasteiger partial charge is 0.308 e. The predicted molar refractivity (Wildman–Crippen MR) is 292 cm³/mol. The van der Waals surface area contributed by atoms with Crippen LogP contribution in [0.4, 0.5) is 0 Å². The molecular formula is C54H110N3O15P. The van der Waals surface area contributed by atoms with Gasteiger partial charge in [0.15, 0.2) is 12.4 Å². The molecular weight excluding hydrogens is 962 g/mol. The standard InChI is InChI=1S/C54H104N3O12P.3H2O/c1-7-10-13-16-19-22-25-28-31-34-42(63-4)37-47(59)56-45(53(55)62)41-66-54-50(57-48(60)38-43(64-5)35-32-29-26-23-20-17-14-11-8-2)52(51(69-70)46(40-58)67-54)68-49(61)39-44(65-6)36-33-30-27-24-21-18-15-12-9-3;;;/h42-46,50-52,54,58H,7-41,70H2,1-6H3,(H2,55,62)(H,56,59)(H,57,60);3*1H2/t42?,43?,44?,45?,46?,50?,51-,52?,54-;;;/m1.../s1. The minimum absolute atomic E-state index is 0. The SMILES string of the molecule is CCCCCCCCCCCC(CC(=O)NC(CO[C@@H]1OC(CO)[C@@H](OP)C(OC(=O)CC(CCCCCCCCCCC)OC)C1NC(=O)CC(CCCCCCCCCCC)OC)C(N)=O)OC.O.O.O. The second-order valence-electron chi connectivity index (χ2n) is 19.8. The van der Waals surface area contributed by atoms with Crippen LogP contribution in [0.2, 0.25) is 0 Å². The Balaban J connectivity index is -0.0000163. The lowest BCUT2D eigenvalue weighted by Gasteiger charge is -2.45. The Bertz CT molecular complexity index is 1310. The highest BCUT2D eigenvalue weighted by Crippen LogP contribution is 2.30. The molecule has 0 aliphatic carbocycles. The van der Waals surface area contributed by atoms with E-state index in [-0.39, 0.29) is 47.9 Å². The Morgan fingerprint density at radius 1 is 0.562 bits per heavy atom. The number of esters is 1. The number of carbonyl (C=O) groups excluding carboxylic acids is 4. The van der Waals surface area contributed by atoms with Crippen molar-refractivity contribution in [1.82, 2.24) is 10.6 Å². The van der Waals surface area contributed by atoms with Crippen molar-refractivity contribution < 1.29 is 73.7 Å². The number of amides is 3. The molecule has 1 saturated heterocycles. The third-order valence-electron chi connectivity index (χ3n) is 13.8. The van der Waals surface area contributed by atoms with Gasteiger partial charge in [-0.3, -0.25) is 19.2 Å². The molecule has 0 bridgehead atoms. The summed E-state index contributed by atoms with van der Waals surface area (Å²) >= 11 is 0. The summed E-state index contributed by atoms with van der Waals surface area (Å²) in [4.78, 5) is 53.8. The van der Waals surface area contributed by atoms with Gasteiger partial charge in [0.05, 0.1) is 50.8 Å². The molecule has 1 aliphatic heterocycles. The average Bonchev–Trinajstić information content (AvgIpc) is 3.35. The van der Waals surface area contributed by atoms with Crippen LogP contribution in [0, 0.1) is 0 Å². The molecule has 0 radical (unpaired) electrons. The number of aliphatic hydroxyl groups is 1. The van der Waals surface area contributed by atoms with E-state index in [1.165, 1.54) is 116 Å². The molecule has 0 aromatic carbocycles. The predicted octanol–water partition coefficient (Wildman–Crippen LogP) is 7.77. The van der Waals surface area contributed by atoms with E-state index >= 15 is 0 Å². The van der Waals surface area contributed by atoms with Crippen molar-refractivity contribution >= 4 is 33.2 Å². The van der Waals surface area contributed by atoms with Crippen LogP contribution >= 0.6 is 9.47 Å². The van der Waals surface area contributed by atoms with Crippen molar-refractivity contribution in [2.75, 3.05) is 34.5 Å². The molecule has 3 amide bonds. The third kappa shape index (κ3) is 36.6. The molecule has 10 atom stereocenters. The number of methoxy groups -OCH3 is 3. The fourth-order valence-corrected chi connectivity index (χ4v) is 9.62. The lowest BCUT2D eigenvalue weighted by molar-refractivity contribution is -0.269. The lowest BCUT2D eigenvalue weighted by atomic mass is 9.95. The lowest BCUT2D eigenvalue weighted by Crippen LogP contribution is -2.66. The number of nitrogens with two attached hydrogens (primary N) is 1. The minimum Gasteiger partial charge on any atom is -0.457 e. The van der Waals surface area contributed by atoms with Crippen LogP contribution in [-0.2, 0) is 52.1 Å². The first kappa shape index (κ1) is 75.1. The topological polar surface area (TPSA) is 298 Å². The van der Waals surface area contributed by atoms with Gasteiger partial charge in [0, 0.05) is 30.8 Å². The summed E-state index contributed by atoms with van der Waals surface area (Å²) in [5, 5.41) is 16.2. The Hall–Kier alpha value is -2.09. The summed E-state index contributed by atoms with van der Waals surface area (Å²) in [5.74, 6) is -2.28. The maximum absolute atomic E-state index is 13.9. The van der Waals surface area contributed by atoms with Crippen molar-refractivity contribution in [2.24, 2.45) is 5.73 Å². The zero-order chi connectivity index (χ0) is 51.6. The number of hydrogen-bond donors (Lipinski definition) is 4. The zero-order valence-electron chi connectivity index (χ0n) is 46.5. The molecule has 1 rings (SSSR count). The van der Waals surface area contributed by atoms with Crippen LogP contribution in [0.5, 0.6) is 0 Å². The Morgan fingerprint density at radius 3 is 1.29 bits per heavy atom. The molecule has 0 spiro atoms. The summed E-state index contributed by atoms with van der Waals surface area (Å²) in [6.45, 7) is 5.67. The number of aliphatic hydroxyl groups excluding tert-OH is 1. The molecule has 18 nitrogen and oxygen atoms in total. The van der Waals surface area contributed by atoms with Crippen LogP contribution in [0.25, 0.3) is 0 Å². The monoisotopic (exact) mass is 1070 g/mol. The second-order valence-corrected chi connectivity index (χ2v) is 20.0. The number of ether oxygens (including phenoxy) is 6. The summed E-state index contributed by atoms with van der Waals surface area (Å²) in [6, 6.07) is -2.45. The number of hydrogen-bond acceptors (Lipinski definition) is 12. The first-order valence-electron chi connectivity index (χ1n) is 27.9. The molecule has 8 unspecified atom stereocenters. The van der Waals surface area contributed by atoms with Gasteiger partial charge in [0.1, 0.15) is 24.3 Å². The summed E-state index contributed by atoms with van der Waals surface area (Å²) in [5.41, 5.74) is 5.80. The van der Waals surface area contributed by atoms with Crippen LogP contribution in [0.15, 0.2) is 0 Å². The Labute approximate surface area is 444 Å². The molecule has 0 aromatic heterocycles. The van der Waals surface area contributed by atoms with Gasteiger partial charge in [0.25, 0.3) is 0 Å². The van der Waals surface area contributed by atoms with Gasteiger partial charge in [-0.25, -0.2) is 0 Å². The van der Waals surface area contributed by atoms with E-state index < -0.39 is 79.7 Å². The fraction of sp³-hybridized carbons (Fsp3) is 0.926. The summed E-state index contributed by atoms with van der Waals surface area (Å²) < 4.78 is 41.4. The van der Waals surface area contributed by atoms with Crippen molar-refractivity contribution in [3.8, 4) is 0 Å². The minimum atomic E-state index is -1.37. The Kier molecular flexibility index (Phi) is 52.2. The van der Waals surface area contributed by atoms with E-state index in [2.05, 4.69) is 40.9 Å². The molecule has 1 heterocycles. The normalized spacial score (nSPS) is 19.0. The number of carbonyl (C=O) groups is 4. The molecule has 436 valence electrons. The highest BCUT2D eigenvalue weighted by molar-refractivity contribution is 7.09. The van der Waals surface area contributed by atoms with Crippen molar-refractivity contribution in [3.05, 3.63) is 0 Å². The average molecular weight is 1070 g/mol. The van der Waals surface area contributed by atoms with Gasteiger partial charge in [0.2, 0.25) is 17.7 Å². The molecule has 0 saturated carbocycles. The largest absolute Gasteiger partial charge is 0.457 e. The van der Waals surface area contributed by atoms with Crippen molar-refractivity contribution in [2.45, 2.75) is 288 Å². The molecule has 19 heteroatoms. The van der Waals surface area contributed by atoms with Crippen molar-refractivity contribution in [3.63, 3.8) is 0 Å². The van der Waals surface area contributed by atoms with Crippen LogP contribution in [0.3, 0.4) is 0 Å². The second kappa shape index (κ2) is 50.7. The van der Waals surface area contributed by atoms with Gasteiger partial charge >= 0.3 is 5.97 Å². The van der Waals surface area contributed by atoms with Gasteiger partial charge in [-0.2, -0.15) is 0 Å². The maximum Gasteiger partial charge on any atom is 0.308 e.